The lowest BCUT2D eigenvalue weighted by Gasteiger charge is -2.30. The summed E-state index contributed by atoms with van der Waals surface area (Å²) in [7, 11) is 0. The van der Waals surface area contributed by atoms with E-state index in [4.69, 9.17) is 4.74 Å². The first-order valence-corrected chi connectivity index (χ1v) is 7.68. The number of carbonyl (C=O) groups excluding carboxylic acids is 2. The third-order valence-electron chi connectivity index (χ3n) is 3.73. The van der Waals surface area contributed by atoms with Crippen molar-refractivity contribution in [3.8, 4) is 0 Å². The van der Waals surface area contributed by atoms with Crippen molar-refractivity contribution < 1.29 is 14.3 Å². The van der Waals surface area contributed by atoms with Crippen LogP contribution in [0.2, 0.25) is 0 Å². The highest BCUT2D eigenvalue weighted by atomic mass is 16.5. The molecule has 1 aliphatic heterocycles. The van der Waals surface area contributed by atoms with Crippen molar-refractivity contribution in [2.24, 2.45) is 5.92 Å². The summed E-state index contributed by atoms with van der Waals surface area (Å²) in [6.45, 7) is 5.89. The van der Waals surface area contributed by atoms with E-state index in [1.54, 1.807) is 31.2 Å². The molecule has 6 heteroatoms. The Balaban J connectivity index is 1.85. The Morgan fingerprint density at radius 2 is 1.68 bits per heavy atom. The molecular weight excluding hydrogens is 282 g/mol. The van der Waals surface area contributed by atoms with Gasteiger partial charge in [-0.25, -0.2) is 9.59 Å². The second-order valence-corrected chi connectivity index (χ2v) is 5.52. The molecule has 2 rings (SSSR count). The first-order valence-electron chi connectivity index (χ1n) is 7.68. The van der Waals surface area contributed by atoms with E-state index in [9.17, 15) is 9.59 Å². The fourth-order valence-electron chi connectivity index (χ4n) is 2.34. The van der Waals surface area contributed by atoms with E-state index in [2.05, 4.69) is 17.6 Å². The zero-order valence-corrected chi connectivity index (χ0v) is 13.1. The average Bonchev–Trinajstić information content (AvgIpc) is 2.50. The summed E-state index contributed by atoms with van der Waals surface area (Å²) in [6, 6.07) is 6.89. The molecule has 0 unspecified atom stereocenters. The highest BCUT2D eigenvalue weighted by molar-refractivity contribution is 5.90. The number of hydrogen-bond donors (Lipinski definition) is 2. The second kappa shape index (κ2) is 7.68. The molecule has 1 heterocycles. The maximum Gasteiger partial charge on any atom is 0.411 e. The number of nitrogens with zero attached hydrogens (tertiary/aromatic N) is 1. The first kappa shape index (κ1) is 16.1. The number of ether oxygens (including phenoxy) is 1. The highest BCUT2D eigenvalue weighted by Gasteiger charge is 2.20. The normalized spacial score (nSPS) is 15.3. The summed E-state index contributed by atoms with van der Waals surface area (Å²) in [6.07, 6.45) is 1.62. The lowest BCUT2D eigenvalue weighted by molar-refractivity contribution is 0.168. The minimum atomic E-state index is -0.485. The summed E-state index contributed by atoms with van der Waals surface area (Å²) in [5, 5.41) is 5.48. The lowest BCUT2D eigenvalue weighted by Crippen LogP contribution is -2.40. The predicted octanol–water partition coefficient (Wildman–Crippen LogP) is 3.52. The Labute approximate surface area is 130 Å². The van der Waals surface area contributed by atoms with Gasteiger partial charge in [0.25, 0.3) is 0 Å². The lowest BCUT2D eigenvalue weighted by atomic mass is 10.00. The van der Waals surface area contributed by atoms with Crippen molar-refractivity contribution in [3.05, 3.63) is 24.3 Å². The molecule has 0 atom stereocenters. The third-order valence-corrected chi connectivity index (χ3v) is 3.73. The monoisotopic (exact) mass is 305 g/mol. The Morgan fingerprint density at radius 1 is 1.14 bits per heavy atom. The molecule has 0 saturated carbocycles. The maximum absolute atomic E-state index is 12.1. The molecule has 1 aromatic rings. The van der Waals surface area contributed by atoms with Crippen LogP contribution in [0.25, 0.3) is 0 Å². The molecule has 1 aromatic carbocycles. The molecule has 0 bridgehead atoms. The molecule has 2 N–H and O–H groups in total. The van der Waals surface area contributed by atoms with Gasteiger partial charge in [-0.2, -0.15) is 0 Å². The molecule has 1 saturated heterocycles. The van der Waals surface area contributed by atoms with Crippen LogP contribution in [-0.4, -0.2) is 36.7 Å². The fourth-order valence-corrected chi connectivity index (χ4v) is 2.34. The predicted molar refractivity (Wildman–Crippen MR) is 86.1 cm³/mol. The number of nitrogens with one attached hydrogen (secondary N) is 2. The molecule has 1 fully saturated rings. The van der Waals surface area contributed by atoms with E-state index in [1.807, 2.05) is 4.90 Å². The van der Waals surface area contributed by atoms with E-state index < -0.39 is 6.09 Å². The largest absolute Gasteiger partial charge is 0.450 e. The third kappa shape index (κ3) is 4.65. The minimum Gasteiger partial charge on any atom is -0.450 e. The van der Waals surface area contributed by atoms with Gasteiger partial charge in [-0.15, -0.1) is 0 Å². The molecule has 6 nitrogen and oxygen atoms in total. The number of hydrogen-bond acceptors (Lipinski definition) is 3. The van der Waals surface area contributed by atoms with E-state index in [0.717, 1.165) is 25.9 Å². The number of urea groups is 1. The van der Waals surface area contributed by atoms with Gasteiger partial charge in [0, 0.05) is 24.5 Å². The van der Waals surface area contributed by atoms with Crippen molar-refractivity contribution in [2.75, 3.05) is 30.3 Å². The van der Waals surface area contributed by atoms with Crippen LogP contribution in [0, 0.1) is 5.92 Å². The molecule has 3 amide bonds. The number of benzene rings is 1. The van der Waals surface area contributed by atoms with Crippen LogP contribution in [0.3, 0.4) is 0 Å². The van der Waals surface area contributed by atoms with Gasteiger partial charge in [0.05, 0.1) is 6.61 Å². The molecule has 22 heavy (non-hydrogen) atoms. The Morgan fingerprint density at radius 3 is 2.23 bits per heavy atom. The van der Waals surface area contributed by atoms with Crippen molar-refractivity contribution in [2.45, 2.75) is 26.7 Å². The Hall–Kier alpha value is -2.24. The standard InChI is InChI=1S/C16H23N3O3/c1-3-22-16(21)18-14-6-4-13(5-7-14)17-15(20)19-10-8-12(2)9-11-19/h4-7,12H,3,8-11H2,1-2H3,(H,17,20)(H,18,21). The van der Waals surface area contributed by atoms with Crippen LogP contribution < -0.4 is 10.6 Å². The summed E-state index contributed by atoms with van der Waals surface area (Å²) in [5.41, 5.74) is 1.33. The van der Waals surface area contributed by atoms with Crippen molar-refractivity contribution in [3.63, 3.8) is 0 Å². The minimum absolute atomic E-state index is 0.0713. The van der Waals surface area contributed by atoms with Crippen LogP contribution in [0.1, 0.15) is 26.7 Å². The summed E-state index contributed by atoms with van der Waals surface area (Å²) in [4.78, 5) is 25.3. The summed E-state index contributed by atoms with van der Waals surface area (Å²) in [5.74, 6) is 0.692. The zero-order valence-electron chi connectivity index (χ0n) is 13.1. The second-order valence-electron chi connectivity index (χ2n) is 5.52. The summed E-state index contributed by atoms with van der Waals surface area (Å²) >= 11 is 0. The van der Waals surface area contributed by atoms with Crippen LogP contribution in [0.4, 0.5) is 21.0 Å². The topological polar surface area (TPSA) is 70.7 Å². The summed E-state index contributed by atoms with van der Waals surface area (Å²) < 4.78 is 4.80. The van der Waals surface area contributed by atoms with Crippen LogP contribution >= 0.6 is 0 Å². The van der Waals surface area contributed by atoms with E-state index in [1.165, 1.54) is 0 Å². The van der Waals surface area contributed by atoms with Gasteiger partial charge in [-0.1, -0.05) is 6.92 Å². The van der Waals surface area contributed by atoms with E-state index >= 15 is 0 Å². The molecule has 0 radical (unpaired) electrons. The van der Waals surface area contributed by atoms with Gasteiger partial charge in [0.2, 0.25) is 0 Å². The van der Waals surface area contributed by atoms with Gasteiger partial charge >= 0.3 is 12.1 Å². The maximum atomic E-state index is 12.1. The van der Waals surface area contributed by atoms with E-state index in [0.29, 0.717) is 23.9 Å². The Bertz CT molecular complexity index is 508. The molecule has 120 valence electrons. The molecule has 1 aliphatic rings. The molecule has 0 aliphatic carbocycles. The van der Waals surface area contributed by atoms with Gasteiger partial charge in [0.1, 0.15) is 0 Å². The van der Waals surface area contributed by atoms with Crippen molar-refractivity contribution in [1.82, 2.24) is 4.90 Å². The number of carbonyl (C=O) groups is 2. The Kier molecular flexibility index (Phi) is 5.63. The number of rotatable bonds is 3. The quantitative estimate of drug-likeness (QED) is 0.897. The van der Waals surface area contributed by atoms with Gasteiger partial charge in [-0.3, -0.25) is 5.32 Å². The van der Waals surface area contributed by atoms with Gasteiger partial charge in [0.15, 0.2) is 0 Å². The van der Waals surface area contributed by atoms with Crippen molar-refractivity contribution >= 4 is 23.5 Å². The zero-order chi connectivity index (χ0) is 15.9. The van der Waals surface area contributed by atoms with Crippen LogP contribution in [-0.2, 0) is 4.74 Å². The molecule has 0 spiro atoms. The molecule has 0 aromatic heterocycles. The smallest absolute Gasteiger partial charge is 0.411 e. The number of piperidine rings is 1. The van der Waals surface area contributed by atoms with E-state index in [-0.39, 0.29) is 6.03 Å². The molecular formula is C16H23N3O3. The van der Waals surface area contributed by atoms with Crippen molar-refractivity contribution in [1.29, 1.82) is 0 Å². The number of anilines is 2. The van der Waals surface area contributed by atoms with Gasteiger partial charge in [-0.05, 0) is 49.9 Å². The van der Waals surface area contributed by atoms with Crippen LogP contribution in [0.15, 0.2) is 24.3 Å². The first-order chi connectivity index (χ1) is 10.6. The highest BCUT2D eigenvalue weighted by Crippen LogP contribution is 2.18. The van der Waals surface area contributed by atoms with Crippen LogP contribution in [0.5, 0.6) is 0 Å². The average molecular weight is 305 g/mol. The number of amides is 3. The number of likely N-dealkylation sites (tertiary alicyclic amines) is 1. The SMILES string of the molecule is CCOC(=O)Nc1ccc(NC(=O)N2CCC(C)CC2)cc1. The fraction of sp³-hybridized carbons (Fsp3) is 0.500. The van der Waals surface area contributed by atoms with Gasteiger partial charge < -0.3 is 15.0 Å².